The molecule has 0 saturated heterocycles. The van der Waals surface area contributed by atoms with Crippen LogP contribution in [-0.2, 0) is 21.2 Å². The van der Waals surface area contributed by atoms with Crippen LogP contribution < -0.4 is 5.73 Å². The van der Waals surface area contributed by atoms with E-state index in [1.165, 1.54) is 13.0 Å². The molecule has 1 saturated carbocycles. The van der Waals surface area contributed by atoms with Crippen molar-refractivity contribution in [2.24, 2.45) is 17.1 Å². The van der Waals surface area contributed by atoms with E-state index in [2.05, 4.69) is 0 Å². The Morgan fingerprint density at radius 3 is 2.33 bits per heavy atom. The molecule has 1 amide bonds. The van der Waals surface area contributed by atoms with Crippen molar-refractivity contribution < 1.29 is 33.0 Å². The molecule has 24 heavy (non-hydrogen) atoms. The number of nitrogens with two attached hydrogens (primary N) is 1. The molecule has 1 aromatic rings. The van der Waals surface area contributed by atoms with Crippen molar-refractivity contribution in [3.8, 4) is 0 Å². The fourth-order valence-electron chi connectivity index (χ4n) is 3.88. The van der Waals surface area contributed by atoms with Gasteiger partial charge in [0, 0.05) is 12.0 Å². The fraction of sp³-hybridized carbons (Fsp3) is 0.467. The highest BCUT2D eigenvalue weighted by molar-refractivity contribution is 6.31. The molecule has 1 fully saturated rings. The first-order valence-electron chi connectivity index (χ1n) is 6.99. The summed E-state index contributed by atoms with van der Waals surface area (Å²) in [5.74, 6) is -3.56. The van der Waals surface area contributed by atoms with Crippen LogP contribution in [0.4, 0.5) is 13.2 Å². The Hall–Kier alpha value is -1.80. The van der Waals surface area contributed by atoms with Gasteiger partial charge in [0.1, 0.15) is 0 Å². The minimum atomic E-state index is -4.75. The van der Waals surface area contributed by atoms with Crippen molar-refractivity contribution in [2.75, 3.05) is 6.61 Å². The van der Waals surface area contributed by atoms with Crippen LogP contribution in [0.3, 0.4) is 0 Å². The molecule has 2 rings (SSSR count). The van der Waals surface area contributed by atoms with Crippen molar-refractivity contribution in [1.29, 1.82) is 0 Å². The summed E-state index contributed by atoms with van der Waals surface area (Å²) < 4.78 is 39.3. The smallest absolute Gasteiger partial charge is 0.417 e. The summed E-state index contributed by atoms with van der Waals surface area (Å²) in [5, 5.41) is 18.3. The third-order valence-electron chi connectivity index (χ3n) is 5.03. The van der Waals surface area contributed by atoms with Gasteiger partial charge in [0.2, 0.25) is 5.91 Å². The van der Waals surface area contributed by atoms with Gasteiger partial charge < -0.3 is 15.9 Å². The van der Waals surface area contributed by atoms with Gasteiger partial charge in [-0.3, -0.25) is 9.59 Å². The zero-order valence-corrected chi connectivity index (χ0v) is 13.3. The Balaban J connectivity index is 2.71. The molecule has 0 spiro atoms. The average Bonchev–Trinajstić information content (AvgIpc) is 2.99. The zero-order chi connectivity index (χ0) is 18.5. The summed E-state index contributed by atoms with van der Waals surface area (Å²) in [6.07, 6.45) is -4.97. The van der Waals surface area contributed by atoms with Gasteiger partial charge in [0.05, 0.1) is 10.6 Å². The summed E-state index contributed by atoms with van der Waals surface area (Å²) in [6, 6.07) is 2.96. The van der Waals surface area contributed by atoms with E-state index >= 15 is 0 Å². The van der Waals surface area contributed by atoms with E-state index in [9.17, 15) is 33.0 Å². The standard InChI is InChI=1S/C15H15ClF3NO4/c1-7-13(4-5-21,14(7,11(20)22)12(23)24)8-2-3-10(16)9(6-8)15(17,18)19/h2-3,6-7,21H,4-5H2,1H3,(H2,20,22)(H,23,24). The van der Waals surface area contributed by atoms with Crippen molar-refractivity contribution in [3.05, 3.63) is 34.3 Å². The summed E-state index contributed by atoms with van der Waals surface area (Å²) in [6.45, 7) is 0.896. The van der Waals surface area contributed by atoms with Gasteiger partial charge in [-0.15, -0.1) is 0 Å². The van der Waals surface area contributed by atoms with Gasteiger partial charge in [0.25, 0.3) is 0 Å². The maximum Gasteiger partial charge on any atom is 0.417 e. The number of hydrogen-bond acceptors (Lipinski definition) is 3. The molecule has 3 unspecified atom stereocenters. The van der Waals surface area contributed by atoms with E-state index in [1.54, 1.807) is 0 Å². The number of aliphatic hydroxyl groups excluding tert-OH is 1. The minimum absolute atomic E-state index is 0.0398. The summed E-state index contributed by atoms with van der Waals surface area (Å²) in [5.41, 5.74) is 0.494. The number of carboxylic acids is 1. The van der Waals surface area contributed by atoms with Gasteiger partial charge in [-0.05, 0) is 30.0 Å². The van der Waals surface area contributed by atoms with Crippen molar-refractivity contribution in [1.82, 2.24) is 0 Å². The number of amides is 1. The van der Waals surface area contributed by atoms with Crippen LogP contribution in [0.5, 0.6) is 0 Å². The molecular weight excluding hydrogens is 351 g/mol. The first-order valence-corrected chi connectivity index (χ1v) is 7.37. The second kappa shape index (κ2) is 5.63. The summed E-state index contributed by atoms with van der Waals surface area (Å²) in [7, 11) is 0. The van der Waals surface area contributed by atoms with Gasteiger partial charge in [-0.2, -0.15) is 13.2 Å². The number of alkyl halides is 3. The number of aliphatic hydroxyl groups is 1. The molecule has 9 heteroatoms. The number of rotatable bonds is 5. The topological polar surface area (TPSA) is 101 Å². The highest BCUT2D eigenvalue weighted by Gasteiger charge is 2.82. The summed E-state index contributed by atoms with van der Waals surface area (Å²) in [4.78, 5) is 23.6. The lowest BCUT2D eigenvalue weighted by Gasteiger charge is -2.22. The number of hydrogen-bond donors (Lipinski definition) is 3. The molecule has 0 radical (unpaired) electrons. The Labute approximate surface area is 140 Å². The number of aliphatic carboxylic acids is 1. The number of carboxylic acid groups (broad SMARTS) is 1. The monoisotopic (exact) mass is 365 g/mol. The third-order valence-corrected chi connectivity index (χ3v) is 5.36. The molecule has 0 aliphatic heterocycles. The lowest BCUT2D eigenvalue weighted by molar-refractivity contribution is -0.149. The highest BCUT2D eigenvalue weighted by atomic mass is 35.5. The lowest BCUT2D eigenvalue weighted by Crippen LogP contribution is -2.39. The predicted octanol–water partition coefficient (Wildman–Crippen LogP) is 2.19. The highest BCUT2D eigenvalue weighted by Crippen LogP contribution is 2.71. The van der Waals surface area contributed by atoms with Gasteiger partial charge >= 0.3 is 12.1 Å². The molecule has 3 atom stereocenters. The molecule has 1 aliphatic carbocycles. The van der Waals surface area contributed by atoms with E-state index in [0.717, 1.165) is 12.1 Å². The maximum atomic E-state index is 13.1. The number of benzene rings is 1. The quantitative estimate of drug-likeness (QED) is 0.696. The number of primary amides is 1. The van der Waals surface area contributed by atoms with Crippen molar-refractivity contribution in [3.63, 3.8) is 0 Å². The Morgan fingerprint density at radius 1 is 1.38 bits per heavy atom. The number of carbonyl (C=O) groups excluding carboxylic acids is 1. The molecule has 0 heterocycles. The molecule has 132 valence electrons. The molecule has 1 aromatic carbocycles. The normalized spacial score (nSPS) is 29.3. The molecule has 0 aromatic heterocycles. The van der Waals surface area contributed by atoms with E-state index < -0.39 is 52.0 Å². The molecule has 4 N–H and O–H groups in total. The van der Waals surface area contributed by atoms with Crippen LogP contribution in [-0.4, -0.2) is 28.7 Å². The zero-order valence-electron chi connectivity index (χ0n) is 12.5. The second-order valence-corrected chi connectivity index (χ2v) is 6.24. The SMILES string of the molecule is CC1C(C(N)=O)(C(=O)O)C1(CCO)c1ccc(Cl)c(C(F)(F)F)c1. The lowest BCUT2D eigenvalue weighted by atomic mass is 9.82. The van der Waals surface area contributed by atoms with E-state index in [-0.39, 0.29) is 12.0 Å². The maximum absolute atomic E-state index is 13.1. The Morgan fingerprint density at radius 2 is 1.96 bits per heavy atom. The van der Waals surface area contributed by atoms with Crippen LogP contribution in [0.15, 0.2) is 18.2 Å². The van der Waals surface area contributed by atoms with Crippen LogP contribution in [0.1, 0.15) is 24.5 Å². The van der Waals surface area contributed by atoms with E-state index in [1.807, 2.05) is 0 Å². The van der Waals surface area contributed by atoms with Crippen molar-refractivity contribution >= 4 is 23.5 Å². The predicted molar refractivity (Wildman–Crippen MR) is 78.3 cm³/mol. The first kappa shape index (κ1) is 18.5. The third kappa shape index (κ3) is 2.20. The van der Waals surface area contributed by atoms with Gasteiger partial charge in [-0.25, -0.2) is 0 Å². The molecule has 0 bridgehead atoms. The van der Waals surface area contributed by atoms with Crippen molar-refractivity contribution in [2.45, 2.75) is 24.9 Å². The Bertz CT molecular complexity index is 692. The average molecular weight is 366 g/mol. The van der Waals surface area contributed by atoms with Crippen LogP contribution in [0.25, 0.3) is 0 Å². The van der Waals surface area contributed by atoms with Crippen LogP contribution in [0.2, 0.25) is 5.02 Å². The van der Waals surface area contributed by atoms with Crippen LogP contribution in [0, 0.1) is 11.3 Å². The number of carbonyl (C=O) groups is 2. The van der Waals surface area contributed by atoms with E-state index in [4.69, 9.17) is 17.3 Å². The second-order valence-electron chi connectivity index (χ2n) is 5.84. The largest absolute Gasteiger partial charge is 0.480 e. The molecule has 1 aliphatic rings. The van der Waals surface area contributed by atoms with Crippen LogP contribution >= 0.6 is 11.6 Å². The molecule has 5 nitrogen and oxygen atoms in total. The Kier molecular flexibility index (Phi) is 4.35. The number of halogens is 4. The van der Waals surface area contributed by atoms with Gasteiger partial charge in [0.15, 0.2) is 5.41 Å². The van der Waals surface area contributed by atoms with Gasteiger partial charge in [-0.1, -0.05) is 24.6 Å². The summed E-state index contributed by atoms with van der Waals surface area (Å²) >= 11 is 5.58. The van der Waals surface area contributed by atoms with E-state index in [0.29, 0.717) is 0 Å². The fourth-order valence-corrected chi connectivity index (χ4v) is 4.11. The minimum Gasteiger partial charge on any atom is -0.480 e. The first-order chi connectivity index (χ1) is 11.0. The molecular formula is C15H15ClF3NO4.